The van der Waals surface area contributed by atoms with E-state index in [0.29, 0.717) is 12.1 Å². The molecule has 0 saturated heterocycles. The summed E-state index contributed by atoms with van der Waals surface area (Å²) in [6, 6.07) is 6.42. The highest BCUT2D eigenvalue weighted by Gasteiger charge is 2.10. The fourth-order valence-corrected chi connectivity index (χ4v) is 1.60. The van der Waals surface area contributed by atoms with Crippen molar-refractivity contribution in [3.8, 4) is 5.69 Å². The molecule has 0 unspecified atom stereocenters. The van der Waals surface area contributed by atoms with Crippen LogP contribution in [0.1, 0.15) is 11.3 Å². The van der Waals surface area contributed by atoms with E-state index < -0.39 is 0 Å². The summed E-state index contributed by atoms with van der Waals surface area (Å²) >= 11 is 0. The van der Waals surface area contributed by atoms with Gasteiger partial charge in [-0.15, -0.1) is 0 Å². The van der Waals surface area contributed by atoms with Gasteiger partial charge in [0.1, 0.15) is 17.8 Å². The molecule has 0 fully saturated rings. The summed E-state index contributed by atoms with van der Waals surface area (Å²) in [6.45, 7) is 1.82. The molecule has 0 spiro atoms. The number of aldehydes is 1. The Kier molecular flexibility index (Phi) is 2.81. The molecule has 82 valence electrons. The van der Waals surface area contributed by atoms with Gasteiger partial charge in [-0.1, -0.05) is 12.1 Å². The van der Waals surface area contributed by atoms with E-state index in [1.807, 2.05) is 6.92 Å². The summed E-state index contributed by atoms with van der Waals surface area (Å²) in [5, 5.41) is 4.08. The second kappa shape index (κ2) is 4.26. The lowest BCUT2D eigenvalue weighted by Gasteiger charge is -2.05. The van der Waals surface area contributed by atoms with Gasteiger partial charge in [-0.25, -0.2) is 9.07 Å². The predicted molar refractivity (Wildman–Crippen MR) is 58.0 cm³/mol. The third kappa shape index (κ3) is 1.74. The Balaban J connectivity index is 2.49. The van der Waals surface area contributed by atoms with Crippen molar-refractivity contribution in [3.05, 3.63) is 47.5 Å². The average molecular weight is 218 g/mol. The molecule has 1 aromatic carbocycles. The molecule has 0 radical (unpaired) electrons. The maximum Gasteiger partial charge on any atom is 0.148 e. The fourth-order valence-electron chi connectivity index (χ4n) is 1.60. The van der Waals surface area contributed by atoms with Gasteiger partial charge >= 0.3 is 0 Å². The van der Waals surface area contributed by atoms with Gasteiger partial charge in [0.2, 0.25) is 0 Å². The van der Waals surface area contributed by atoms with Crippen LogP contribution in [-0.2, 0) is 11.2 Å². The molecule has 3 nitrogen and oxygen atoms in total. The molecule has 2 aromatic rings. The number of carbonyl (C=O) groups is 1. The number of rotatable bonds is 3. The molecule has 4 heteroatoms. The SMILES string of the molecule is Cc1c(CC=O)cnn1-c1ccccc1F. The predicted octanol–water partition coefficient (Wildman–Crippen LogP) is 2.06. The van der Waals surface area contributed by atoms with Crippen molar-refractivity contribution in [3.63, 3.8) is 0 Å². The Hall–Kier alpha value is -1.97. The largest absolute Gasteiger partial charge is 0.303 e. The van der Waals surface area contributed by atoms with Gasteiger partial charge in [0.15, 0.2) is 0 Å². The molecule has 16 heavy (non-hydrogen) atoms. The first-order valence-corrected chi connectivity index (χ1v) is 4.96. The number of halogens is 1. The van der Waals surface area contributed by atoms with Gasteiger partial charge in [0, 0.05) is 17.7 Å². The van der Waals surface area contributed by atoms with E-state index in [1.54, 1.807) is 24.4 Å². The lowest BCUT2D eigenvalue weighted by molar-refractivity contribution is -0.107. The van der Waals surface area contributed by atoms with E-state index in [2.05, 4.69) is 5.10 Å². The molecule has 1 heterocycles. The van der Waals surface area contributed by atoms with Gasteiger partial charge < -0.3 is 4.79 Å². The van der Waals surface area contributed by atoms with Gasteiger partial charge in [-0.3, -0.25) is 0 Å². The van der Waals surface area contributed by atoms with Crippen molar-refractivity contribution < 1.29 is 9.18 Å². The molecule has 1 aromatic heterocycles. The van der Waals surface area contributed by atoms with E-state index in [0.717, 1.165) is 17.5 Å². The summed E-state index contributed by atoms with van der Waals surface area (Å²) in [7, 11) is 0. The maximum absolute atomic E-state index is 13.5. The molecule has 0 saturated carbocycles. The normalized spacial score (nSPS) is 10.4. The Morgan fingerprint density at radius 1 is 1.44 bits per heavy atom. The van der Waals surface area contributed by atoms with Gasteiger partial charge in [0.25, 0.3) is 0 Å². The third-order valence-corrected chi connectivity index (χ3v) is 2.50. The van der Waals surface area contributed by atoms with Crippen LogP contribution < -0.4 is 0 Å². The maximum atomic E-state index is 13.5. The number of benzene rings is 1. The number of aromatic nitrogens is 2. The van der Waals surface area contributed by atoms with Crippen molar-refractivity contribution in [2.75, 3.05) is 0 Å². The van der Waals surface area contributed by atoms with Crippen LogP contribution in [0.25, 0.3) is 5.69 Å². The highest BCUT2D eigenvalue weighted by molar-refractivity contribution is 5.55. The van der Waals surface area contributed by atoms with Crippen molar-refractivity contribution in [1.29, 1.82) is 0 Å². The number of nitrogens with zero attached hydrogens (tertiary/aromatic N) is 2. The Morgan fingerprint density at radius 3 is 2.88 bits per heavy atom. The standard InChI is InChI=1S/C12H11FN2O/c1-9-10(6-7-16)8-14-15(9)12-5-3-2-4-11(12)13/h2-5,7-8H,6H2,1H3. The Bertz CT molecular complexity index is 519. The number of carbonyl (C=O) groups excluding carboxylic acids is 1. The average Bonchev–Trinajstić information content (AvgIpc) is 2.62. The topological polar surface area (TPSA) is 34.9 Å². The summed E-state index contributed by atoms with van der Waals surface area (Å²) in [6.07, 6.45) is 2.71. The van der Waals surface area contributed by atoms with Crippen LogP contribution >= 0.6 is 0 Å². The first kappa shape index (κ1) is 10.5. The summed E-state index contributed by atoms with van der Waals surface area (Å²) in [5.74, 6) is -0.327. The van der Waals surface area contributed by atoms with E-state index in [4.69, 9.17) is 0 Å². The molecule has 2 rings (SSSR count). The van der Waals surface area contributed by atoms with Crippen molar-refractivity contribution in [1.82, 2.24) is 9.78 Å². The van der Waals surface area contributed by atoms with Crippen LogP contribution in [-0.4, -0.2) is 16.1 Å². The molecule has 0 N–H and O–H groups in total. The number of hydrogen-bond acceptors (Lipinski definition) is 2. The smallest absolute Gasteiger partial charge is 0.148 e. The van der Waals surface area contributed by atoms with Crippen LogP contribution in [0.2, 0.25) is 0 Å². The zero-order valence-electron chi connectivity index (χ0n) is 8.85. The number of hydrogen-bond donors (Lipinski definition) is 0. The van der Waals surface area contributed by atoms with E-state index >= 15 is 0 Å². The molecule has 0 amide bonds. The van der Waals surface area contributed by atoms with E-state index in [9.17, 15) is 9.18 Å². The quantitative estimate of drug-likeness (QED) is 0.739. The zero-order chi connectivity index (χ0) is 11.5. The van der Waals surface area contributed by atoms with Crippen LogP contribution in [0.15, 0.2) is 30.5 Å². The molecule has 0 aliphatic carbocycles. The van der Waals surface area contributed by atoms with Crippen LogP contribution in [0.3, 0.4) is 0 Å². The zero-order valence-corrected chi connectivity index (χ0v) is 8.85. The third-order valence-electron chi connectivity index (χ3n) is 2.50. The van der Waals surface area contributed by atoms with Crippen molar-refractivity contribution in [2.24, 2.45) is 0 Å². The minimum absolute atomic E-state index is 0.306. The molecule has 0 aliphatic rings. The molecular weight excluding hydrogens is 207 g/mol. The van der Waals surface area contributed by atoms with E-state index in [-0.39, 0.29) is 5.82 Å². The van der Waals surface area contributed by atoms with Crippen molar-refractivity contribution >= 4 is 6.29 Å². The minimum atomic E-state index is -0.327. The van der Waals surface area contributed by atoms with Crippen LogP contribution in [0.4, 0.5) is 4.39 Å². The Labute approximate surface area is 92.5 Å². The minimum Gasteiger partial charge on any atom is -0.303 e. The summed E-state index contributed by atoms with van der Waals surface area (Å²) in [5.41, 5.74) is 2.01. The summed E-state index contributed by atoms with van der Waals surface area (Å²) in [4.78, 5) is 10.4. The molecule has 0 aliphatic heterocycles. The highest BCUT2D eigenvalue weighted by atomic mass is 19.1. The van der Waals surface area contributed by atoms with E-state index in [1.165, 1.54) is 10.7 Å². The first-order valence-electron chi connectivity index (χ1n) is 4.96. The lowest BCUT2D eigenvalue weighted by atomic mass is 10.2. The molecule has 0 atom stereocenters. The van der Waals surface area contributed by atoms with Gasteiger partial charge in [0.05, 0.1) is 6.20 Å². The monoisotopic (exact) mass is 218 g/mol. The van der Waals surface area contributed by atoms with Gasteiger partial charge in [-0.05, 0) is 19.1 Å². The highest BCUT2D eigenvalue weighted by Crippen LogP contribution is 2.16. The second-order valence-electron chi connectivity index (χ2n) is 3.49. The summed E-state index contributed by atoms with van der Waals surface area (Å²) < 4.78 is 15.0. The van der Waals surface area contributed by atoms with Crippen LogP contribution in [0, 0.1) is 12.7 Å². The number of para-hydroxylation sites is 1. The molecule has 0 bridgehead atoms. The lowest BCUT2D eigenvalue weighted by Crippen LogP contribution is -2.02. The van der Waals surface area contributed by atoms with Crippen LogP contribution in [0.5, 0.6) is 0 Å². The Morgan fingerprint density at radius 2 is 2.19 bits per heavy atom. The van der Waals surface area contributed by atoms with Crippen molar-refractivity contribution in [2.45, 2.75) is 13.3 Å². The first-order chi connectivity index (χ1) is 7.74. The van der Waals surface area contributed by atoms with Gasteiger partial charge in [-0.2, -0.15) is 5.10 Å². The fraction of sp³-hybridized carbons (Fsp3) is 0.167. The molecular formula is C12H11FN2O. The second-order valence-corrected chi connectivity index (χ2v) is 3.49.